The monoisotopic (exact) mass is 393 g/mol. The van der Waals surface area contributed by atoms with Gasteiger partial charge in [0.05, 0.1) is 18.1 Å². The first-order valence-corrected chi connectivity index (χ1v) is 9.94. The smallest absolute Gasteiger partial charge is 0.220 e. The summed E-state index contributed by atoms with van der Waals surface area (Å²) in [5.74, 6) is 1.73. The number of nitrogens with zero attached hydrogens (tertiary/aromatic N) is 2. The van der Waals surface area contributed by atoms with E-state index < -0.39 is 0 Å². The molecule has 6 heteroatoms. The van der Waals surface area contributed by atoms with Gasteiger partial charge in [0, 0.05) is 31.5 Å². The first-order valence-electron chi connectivity index (χ1n) is 9.94. The van der Waals surface area contributed by atoms with Crippen LogP contribution in [0.1, 0.15) is 41.9 Å². The maximum absolute atomic E-state index is 12.2. The first-order chi connectivity index (χ1) is 14.1. The zero-order valence-corrected chi connectivity index (χ0v) is 17.0. The summed E-state index contributed by atoms with van der Waals surface area (Å²) in [5.41, 5.74) is 2.76. The molecule has 0 fully saturated rings. The van der Waals surface area contributed by atoms with Gasteiger partial charge in [-0.1, -0.05) is 12.1 Å². The van der Waals surface area contributed by atoms with E-state index in [0.29, 0.717) is 31.4 Å². The van der Waals surface area contributed by atoms with Crippen molar-refractivity contribution < 1.29 is 14.3 Å². The number of aromatic nitrogens is 2. The number of aryl methyl sites for hydroxylation is 2. The number of amides is 1. The van der Waals surface area contributed by atoms with Crippen LogP contribution in [-0.4, -0.2) is 34.9 Å². The van der Waals surface area contributed by atoms with Crippen molar-refractivity contribution in [2.24, 2.45) is 0 Å². The number of hydrogen-bond donors (Lipinski definition) is 1. The van der Waals surface area contributed by atoms with Crippen LogP contribution in [0.5, 0.6) is 5.75 Å². The molecular formula is C23H27N3O3. The number of carbonyl (C=O) groups is 2. The first kappa shape index (κ1) is 20.6. The van der Waals surface area contributed by atoms with Crippen LogP contribution in [0.4, 0.5) is 0 Å². The summed E-state index contributed by atoms with van der Waals surface area (Å²) in [6.07, 6.45) is 2.09. The molecule has 3 aromatic rings. The Morgan fingerprint density at radius 1 is 1.03 bits per heavy atom. The highest BCUT2D eigenvalue weighted by Crippen LogP contribution is 2.16. The highest BCUT2D eigenvalue weighted by molar-refractivity contribution is 5.96. The molecule has 0 aliphatic rings. The second-order valence-corrected chi connectivity index (χ2v) is 7.01. The Bertz CT molecular complexity index is 977. The molecule has 3 rings (SSSR count). The predicted octanol–water partition coefficient (Wildman–Crippen LogP) is 3.91. The van der Waals surface area contributed by atoms with Gasteiger partial charge in [-0.15, -0.1) is 0 Å². The summed E-state index contributed by atoms with van der Waals surface area (Å²) in [6.45, 7) is 3.41. The van der Waals surface area contributed by atoms with Gasteiger partial charge in [0.15, 0.2) is 5.78 Å². The Morgan fingerprint density at radius 2 is 1.79 bits per heavy atom. The third-order valence-corrected chi connectivity index (χ3v) is 4.95. The molecular weight excluding hydrogens is 366 g/mol. The fraction of sp³-hybridized carbons (Fsp3) is 0.348. The summed E-state index contributed by atoms with van der Waals surface area (Å²) in [4.78, 5) is 28.8. The van der Waals surface area contributed by atoms with Crippen molar-refractivity contribution in [2.45, 2.75) is 39.2 Å². The van der Waals surface area contributed by atoms with Crippen LogP contribution in [0.25, 0.3) is 11.0 Å². The van der Waals surface area contributed by atoms with Gasteiger partial charge in [0.1, 0.15) is 11.6 Å². The number of imidazole rings is 1. The third kappa shape index (κ3) is 5.44. The molecule has 0 aliphatic heterocycles. The van der Waals surface area contributed by atoms with E-state index in [2.05, 4.69) is 20.9 Å². The van der Waals surface area contributed by atoms with Gasteiger partial charge in [0.2, 0.25) is 5.91 Å². The highest BCUT2D eigenvalue weighted by Gasteiger charge is 2.09. The van der Waals surface area contributed by atoms with Crippen molar-refractivity contribution in [1.29, 1.82) is 0 Å². The van der Waals surface area contributed by atoms with Crippen LogP contribution in [0.2, 0.25) is 0 Å². The fourth-order valence-corrected chi connectivity index (χ4v) is 3.36. The normalized spacial score (nSPS) is 10.8. The molecule has 0 bridgehead atoms. The average Bonchev–Trinajstić information content (AvgIpc) is 3.06. The number of methoxy groups -OCH3 is 1. The quantitative estimate of drug-likeness (QED) is 0.419. The number of rotatable bonds is 10. The van der Waals surface area contributed by atoms with E-state index in [1.165, 1.54) is 0 Å². The summed E-state index contributed by atoms with van der Waals surface area (Å²) in [7, 11) is 1.59. The highest BCUT2D eigenvalue weighted by atomic mass is 16.5. The van der Waals surface area contributed by atoms with E-state index in [1.807, 2.05) is 25.1 Å². The molecule has 1 amide bonds. The Kier molecular flexibility index (Phi) is 7.00. The maximum Gasteiger partial charge on any atom is 0.220 e. The topological polar surface area (TPSA) is 73.2 Å². The second kappa shape index (κ2) is 9.87. The lowest BCUT2D eigenvalue weighted by atomic mass is 10.1. The number of Topliss-reactive ketones (excluding diaryl/α,β-unsaturated/α-hetero) is 1. The number of nitrogens with one attached hydrogen (secondary N) is 1. The van der Waals surface area contributed by atoms with E-state index in [4.69, 9.17) is 4.74 Å². The van der Waals surface area contributed by atoms with Gasteiger partial charge >= 0.3 is 0 Å². The molecule has 0 spiro atoms. The van der Waals surface area contributed by atoms with Gasteiger partial charge in [-0.3, -0.25) is 9.59 Å². The van der Waals surface area contributed by atoms with Crippen molar-refractivity contribution in [3.8, 4) is 5.75 Å². The molecule has 0 saturated heterocycles. The number of ether oxygens (including phenoxy) is 1. The van der Waals surface area contributed by atoms with Crippen molar-refractivity contribution in [3.05, 3.63) is 59.9 Å². The van der Waals surface area contributed by atoms with Crippen molar-refractivity contribution >= 4 is 22.7 Å². The van der Waals surface area contributed by atoms with Crippen molar-refractivity contribution in [1.82, 2.24) is 14.9 Å². The fourth-order valence-electron chi connectivity index (χ4n) is 3.36. The number of benzene rings is 2. The predicted molar refractivity (Wildman–Crippen MR) is 113 cm³/mol. The van der Waals surface area contributed by atoms with E-state index in [1.54, 1.807) is 31.4 Å². The van der Waals surface area contributed by atoms with Crippen LogP contribution in [0, 0.1) is 6.92 Å². The molecule has 1 aromatic heterocycles. The molecule has 0 aliphatic carbocycles. The number of ketones is 1. The zero-order chi connectivity index (χ0) is 20.6. The average molecular weight is 393 g/mol. The minimum atomic E-state index is -0.0141. The summed E-state index contributed by atoms with van der Waals surface area (Å²) >= 11 is 0. The van der Waals surface area contributed by atoms with Gasteiger partial charge in [-0.2, -0.15) is 0 Å². The van der Waals surface area contributed by atoms with E-state index in [9.17, 15) is 9.59 Å². The van der Waals surface area contributed by atoms with Crippen LogP contribution >= 0.6 is 0 Å². The third-order valence-electron chi connectivity index (χ3n) is 4.95. The minimum Gasteiger partial charge on any atom is -0.497 e. The summed E-state index contributed by atoms with van der Waals surface area (Å²) < 4.78 is 7.27. The lowest BCUT2D eigenvalue weighted by Gasteiger charge is -2.08. The molecule has 152 valence electrons. The lowest BCUT2D eigenvalue weighted by Crippen LogP contribution is -2.25. The SMILES string of the molecule is COc1ccc(C(=O)CCCC(=O)NCCCn2c(C)nc3ccccc32)cc1. The second-order valence-electron chi connectivity index (χ2n) is 7.01. The Labute approximate surface area is 170 Å². The van der Waals surface area contributed by atoms with Gasteiger partial charge < -0.3 is 14.6 Å². The molecule has 0 atom stereocenters. The molecule has 1 N–H and O–H groups in total. The molecule has 29 heavy (non-hydrogen) atoms. The van der Waals surface area contributed by atoms with Gasteiger partial charge in [0.25, 0.3) is 0 Å². The Hall–Kier alpha value is -3.15. The minimum absolute atomic E-state index is 0.0141. The van der Waals surface area contributed by atoms with Crippen LogP contribution in [-0.2, 0) is 11.3 Å². The van der Waals surface area contributed by atoms with Crippen LogP contribution in [0.15, 0.2) is 48.5 Å². The van der Waals surface area contributed by atoms with Crippen molar-refractivity contribution in [2.75, 3.05) is 13.7 Å². The molecule has 0 radical (unpaired) electrons. The molecule has 6 nitrogen and oxygen atoms in total. The largest absolute Gasteiger partial charge is 0.497 e. The standard InChI is InChI=1S/C23H27N3O3/c1-17-25-20-7-3-4-8-21(20)26(17)16-6-15-24-23(28)10-5-9-22(27)18-11-13-19(29-2)14-12-18/h3-4,7-8,11-14H,5-6,9-10,15-16H2,1-2H3,(H,24,28). The summed E-state index contributed by atoms with van der Waals surface area (Å²) in [5, 5.41) is 2.94. The lowest BCUT2D eigenvalue weighted by molar-refractivity contribution is -0.121. The molecule has 1 heterocycles. The van der Waals surface area contributed by atoms with E-state index in [-0.39, 0.29) is 11.7 Å². The Morgan fingerprint density at radius 3 is 2.55 bits per heavy atom. The van der Waals surface area contributed by atoms with Crippen molar-refractivity contribution in [3.63, 3.8) is 0 Å². The zero-order valence-electron chi connectivity index (χ0n) is 17.0. The van der Waals surface area contributed by atoms with E-state index >= 15 is 0 Å². The maximum atomic E-state index is 12.2. The number of hydrogen-bond acceptors (Lipinski definition) is 4. The molecule has 0 saturated carbocycles. The number of carbonyl (C=O) groups excluding carboxylic acids is 2. The van der Waals surface area contributed by atoms with E-state index in [0.717, 1.165) is 35.6 Å². The Balaban J connectivity index is 1.35. The van der Waals surface area contributed by atoms with Crippen LogP contribution < -0.4 is 10.1 Å². The van der Waals surface area contributed by atoms with Gasteiger partial charge in [-0.05, 0) is 56.2 Å². The molecule has 2 aromatic carbocycles. The number of fused-ring (bicyclic) bond motifs is 1. The number of para-hydroxylation sites is 2. The van der Waals surface area contributed by atoms with Gasteiger partial charge in [-0.25, -0.2) is 4.98 Å². The molecule has 0 unspecified atom stereocenters. The van der Waals surface area contributed by atoms with Crippen LogP contribution in [0.3, 0.4) is 0 Å². The summed E-state index contributed by atoms with van der Waals surface area (Å²) in [6, 6.07) is 15.1.